The van der Waals surface area contributed by atoms with E-state index >= 15 is 4.39 Å². The summed E-state index contributed by atoms with van der Waals surface area (Å²) in [6.45, 7) is 9.87. The summed E-state index contributed by atoms with van der Waals surface area (Å²) in [6.07, 6.45) is 4.42. The molecule has 0 radical (unpaired) electrons. The molecule has 9 nitrogen and oxygen atoms in total. The number of H-pyrrole nitrogens is 1. The summed E-state index contributed by atoms with van der Waals surface area (Å²) >= 11 is 0. The van der Waals surface area contributed by atoms with Crippen LogP contribution in [0.1, 0.15) is 30.1 Å². The number of fused-ring (bicyclic) bond motifs is 1. The molecule has 0 aliphatic carbocycles. The summed E-state index contributed by atoms with van der Waals surface area (Å²) in [5.41, 5.74) is 2.21. The van der Waals surface area contributed by atoms with E-state index in [0.29, 0.717) is 34.6 Å². The lowest BCUT2D eigenvalue weighted by Gasteiger charge is -2.31. The minimum atomic E-state index is -0.586. The fourth-order valence-corrected chi connectivity index (χ4v) is 4.56. The Balaban J connectivity index is 0.00000181. The van der Waals surface area contributed by atoms with Crippen LogP contribution in [0.15, 0.2) is 72.8 Å². The number of pyridine rings is 3. The summed E-state index contributed by atoms with van der Waals surface area (Å²) in [5, 5.41) is 13.3. The highest BCUT2D eigenvalue weighted by atomic mass is 19.1. The second-order valence-electron chi connectivity index (χ2n) is 9.38. The quantitative estimate of drug-likeness (QED) is 0.301. The number of carbonyl (C=O) groups excluding carboxylic acids is 1. The minimum Gasteiger partial charge on any atom is -0.393 e. The van der Waals surface area contributed by atoms with Crippen molar-refractivity contribution in [3.8, 4) is 11.3 Å². The van der Waals surface area contributed by atoms with Gasteiger partial charge in [-0.2, -0.15) is 0 Å². The van der Waals surface area contributed by atoms with E-state index in [4.69, 9.17) is 0 Å². The van der Waals surface area contributed by atoms with Crippen LogP contribution in [0, 0.1) is 5.82 Å². The first-order chi connectivity index (χ1) is 19.3. The van der Waals surface area contributed by atoms with Crippen molar-refractivity contribution in [2.75, 3.05) is 36.9 Å². The van der Waals surface area contributed by atoms with Crippen molar-refractivity contribution in [3.63, 3.8) is 0 Å². The molecule has 1 amide bonds. The molecule has 3 N–H and O–H groups in total. The molecule has 40 heavy (non-hydrogen) atoms. The van der Waals surface area contributed by atoms with E-state index in [1.807, 2.05) is 19.1 Å². The second-order valence-corrected chi connectivity index (χ2v) is 9.38. The number of nitrogens with one attached hydrogen (secondary N) is 2. The Hall–Kier alpha value is -4.57. The topological polar surface area (TPSA) is 114 Å². The van der Waals surface area contributed by atoms with Crippen LogP contribution in [-0.2, 0) is 0 Å². The minimum absolute atomic E-state index is 0.210. The lowest BCUT2D eigenvalue weighted by atomic mass is 10.0. The van der Waals surface area contributed by atoms with Crippen molar-refractivity contribution in [2.24, 2.45) is 0 Å². The first-order valence-electron chi connectivity index (χ1n) is 13.1. The number of aromatic amines is 1. The van der Waals surface area contributed by atoms with Gasteiger partial charge in [-0.1, -0.05) is 0 Å². The molecule has 1 saturated heterocycles. The number of piperidine rings is 1. The Labute approximate surface area is 232 Å². The Kier molecular flexibility index (Phi) is 8.90. The Morgan fingerprint density at radius 2 is 1.95 bits per heavy atom. The van der Waals surface area contributed by atoms with Gasteiger partial charge in [0.2, 0.25) is 0 Å². The van der Waals surface area contributed by atoms with E-state index in [9.17, 15) is 14.7 Å². The number of amides is 1. The smallest absolute Gasteiger partial charge is 0.259 e. The van der Waals surface area contributed by atoms with Gasteiger partial charge < -0.3 is 25.2 Å². The Morgan fingerprint density at radius 3 is 2.60 bits per heavy atom. The van der Waals surface area contributed by atoms with Crippen LogP contribution in [0.2, 0.25) is 0 Å². The molecule has 0 saturated carbocycles. The number of rotatable bonds is 6. The van der Waals surface area contributed by atoms with Gasteiger partial charge in [-0.25, -0.2) is 14.4 Å². The third-order valence-corrected chi connectivity index (χ3v) is 6.88. The standard InChI is InChI=1S/C28H29FN6O3.C2H4/c1-3-34(2)28(38)17-4-6-20(21(29)14-17)23-15-24(26-22(32-23)8-11-30-27(26)37)33-25-7-5-18(16-31-25)35-12-9-19(36)10-13-35;1-2/h4-8,11,14-16,19,36H,3,9-10,12-13H2,1-2H3,(H,30,37)(H,31,32,33);1-2H2. The van der Waals surface area contributed by atoms with Gasteiger partial charge in [-0.05, 0) is 62.2 Å². The lowest BCUT2D eigenvalue weighted by molar-refractivity contribution is 0.0802. The van der Waals surface area contributed by atoms with Gasteiger partial charge in [0.25, 0.3) is 11.5 Å². The summed E-state index contributed by atoms with van der Waals surface area (Å²) in [5.74, 6) is -0.345. The van der Waals surface area contributed by atoms with Crippen LogP contribution in [0.5, 0.6) is 0 Å². The van der Waals surface area contributed by atoms with E-state index in [1.165, 1.54) is 23.2 Å². The predicted molar refractivity (Wildman–Crippen MR) is 157 cm³/mol. The Bertz CT molecular complexity index is 1550. The normalized spacial score (nSPS) is 13.4. The first kappa shape index (κ1) is 28.4. The molecule has 4 heterocycles. The monoisotopic (exact) mass is 544 g/mol. The number of hydrogen-bond donors (Lipinski definition) is 3. The van der Waals surface area contributed by atoms with E-state index in [1.54, 1.807) is 31.4 Å². The number of nitrogens with zero attached hydrogens (tertiary/aromatic N) is 4. The lowest BCUT2D eigenvalue weighted by Crippen LogP contribution is -2.35. The molecule has 0 atom stereocenters. The molecule has 10 heteroatoms. The van der Waals surface area contributed by atoms with E-state index in [0.717, 1.165) is 31.6 Å². The molecule has 1 aliphatic heterocycles. The van der Waals surface area contributed by atoms with Crippen LogP contribution in [0.3, 0.4) is 0 Å². The van der Waals surface area contributed by atoms with Crippen molar-refractivity contribution in [1.82, 2.24) is 19.9 Å². The summed E-state index contributed by atoms with van der Waals surface area (Å²) in [7, 11) is 1.66. The number of aliphatic hydroxyl groups excluding tert-OH is 1. The van der Waals surface area contributed by atoms with Crippen molar-refractivity contribution in [1.29, 1.82) is 0 Å². The molecule has 5 rings (SSSR count). The number of benzene rings is 1. The molecule has 1 fully saturated rings. The zero-order valence-electron chi connectivity index (χ0n) is 22.7. The van der Waals surface area contributed by atoms with E-state index in [-0.39, 0.29) is 28.7 Å². The number of carbonyl (C=O) groups is 1. The number of aliphatic hydroxyl groups is 1. The van der Waals surface area contributed by atoms with E-state index in [2.05, 4.69) is 38.3 Å². The highest BCUT2D eigenvalue weighted by Gasteiger charge is 2.19. The molecular formula is C30H33FN6O3. The third-order valence-electron chi connectivity index (χ3n) is 6.88. The first-order valence-corrected chi connectivity index (χ1v) is 13.1. The van der Waals surface area contributed by atoms with E-state index < -0.39 is 5.82 Å². The number of hydrogen-bond acceptors (Lipinski definition) is 7. The molecule has 208 valence electrons. The maximum absolute atomic E-state index is 15.2. The molecule has 0 bridgehead atoms. The number of aromatic nitrogens is 3. The van der Waals surface area contributed by atoms with Gasteiger partial charge in [-0.3, -0.25) is 9.59 Å². The van der Waals surface area contributed by atoms with Crippen LogP contribution >= 0.6 is 0 Å². The largest absolute Gasteiger partial charge is 0.393 e. The summed E-state index contributed by atoms with van der Waals surface area (Å²) in [4.78, 5) is 40.6. The third kappa shape index (κ3) is 6.02. The zero-order chi connectivity index (χ0) is 28.8. The molecule has 3 aromatic heterocycles. The van der Waals surface area contributed by atoms with Crippen molar-refractivity contribution in [2.45, 2.75) is 25.9 Å². The van der Waals surface area contributed by atoms with Gasteiger partial charge in [-0.15, -0.1) is 13.2 Å². The average molecular weight is 545 g/mol. The van der Waals surface area contributed by atoms with Gasteiger partial charge in [0.05, 0.1) is 40.3 Å². The fraction of sp³-hybridized carbons (Fsp3) is 0.267. The van der Waals surface area contributed by atoms with Gasteiger partial charge in [0, 0.05) is 44.0 Å². The molecular weight excluding hydrogens is 511 g/mol. The van der Waals surface area contributed by atoms with Gasteiger partial charge in [0.15, 0.2) is 0 Å². The molecule has 1 aromatic carbocycles. The summed E-state index contributed by atoms with van der Waals surface area (Å²) < 4.78 is 15.2. The highest BCUT2D eigenvalue weighted by molar-refractivity contribution is 5.96. The second kappa shape index (κ2) is 12.5. The molecule has 4 aromatic rings. The van der Waals surface area contributed by atoms with Crippen molar-refractivity contribution < 1.29 is 14.3 Å². The Morgan fingerprint density at radius 1 is 1.20 bits per heavy atom. The highest BCUT2D eigenvalue weighted by Crippen LogP contribution is 2.30. The zero-order valence-corrected chi connectivity index (χ0v) is 22.7. The maximum atomic E-state index is 15.2. The number of halogens is 1. The summed E-state index contributed by atoms with van der Waals surface area (Å²) in [6, 6.07) is 11.3. The fourth-order valence-electron chi connectivity index (χ4n) is 4.56. The van der Waals surface area contributed by atoms with Crippen LogP contribution in [-0.4, -0.2) is 63.7 Å². The number of anilines is 3. The van der Waals surface area contributed by atoms with Crippen LogP contribution < -0.4 is 15.8 Å². The average Bonchev–Trinajstić information content (AvgIpc) is 2.98. The molecule has 0 unspecified atom stereocenters. The molecule has 1 aliphatic rings. The van der Waals surface area contributed by atoms with Gasteiger partial charge in [0.1, 0.15) is 11.6 Å². The van der Waals surface area contributed by atoms with Crippen molar-refractivity contribution >= 4 is 34.0 Å². The molecule has 0 spiro atoms. The van der Waals surface area contributed by atoms with Crippen LogP contribution in [0.25, 0.3) is 22.2 Å². The van der Waals surface area contributed by atoms with Crippen molar-refractivity contribution in [3.05, 3.63) is 89.8 Å². The van der Waals surface area contributed by atoms with Crippen LogP contribution in [0.4, 0.5) is 21.6 Å². The maximum Gasteiger partial charge on any atom is 0.259 e. The van der Waals surface area contributed by atoms with Gasteiger partial charge >= 0.3 is 0 Å². The predicted octanol–water partition coefficient (Wildman–Crippen LogP) is 4.72. The SMILES string of the molecule is C=C.CCN(C)C(=O)c1ccc(-c2cc(Nc3ccc(N4CCC(O)CC4)cn3)c3c(=O)[nH]ccc3n2)c(F)c1.